The minimum Gasteiger partial charge on any atom is -0.497 e. The number of hydrogen-bond acceptors (Lipinski definition) is 12. The van der Waals surface area contributed by atoms with Crippen LogP contribution in [-0.4, -0.2) is 86.3 Å². The highest BCUT2D eigenvalue weighted by molar-refractivity contribution is 7.44. The van der Waals surface area contributed by atoms with Crippen molar-refractivity contribution < 1.29 is 37.2 Å². The molecule has 15 nitrogen and oxygen atoms in total. The lowest BCUT2D eigenvalue weighted by Gasteiger charge is -2.42. The van der Waals surface area contributed by atoms with Crippen LogP contribution in [0.25, 0.3) is 0 Å². The van der Waals surface area contributed by atoms with Crippen LogP contribution in [0.3, 0.4) is 0 Å². The fraction of sp³-hybridized carbons (Fsp3) is 0.500. The molecule has 17 heteroatoms. The van der Waals surface area contributed by atoms with Gasteiger partial charge in [-0.2, -0.15) is 5.26 Å². The van der Waals surface area contributed by atoms with Gasteiger partial charge in [0, 0.05) is 31.7 Å². The first-order valence-electron chi connectivity index (χ1n) is 21.9. The Labute approximate surface area is 385 Å². The van der Waals surface area contributed by atoms with Gasteiger partial charge in [0.2, 0.25) is 5.91 Å². The average molecular weight is 932 g/mol. The maximum atomic E-state index is 14.0. The summed E-state index contributed by atoms with van der Waals surface area (Å²) >= 11 is 0. The number of H-pyrrole nitrogens is 1. The average Bonchev–Trinajstić information content (AvgIpc) is 3.58. The van der Waals surface area contributed by atoms with Gasteiger partial charge in [-0.1, -0.05) is 75.4 Å². The lowest BCUT2D eigenvalue weighted by atomic mass is 9.80. The molecule has 0 aliphatic carbocycles. The van der Waals surface area contributed by atoms with Gasteiger partial charge in [-0.15, -0.1) is 0 Å². The van der Waals surface area contributed by atoms with Crippen molar-refractivity contribution >= 4 is 22.8 Å². The van der Waals surface area contributed by atoms with E-state index >= 15 is 0 Å². The van der Waals surface area contributed by atoms with E-state index in [0.29, 0.717) is 11.5 Å². The van der Waals surface area contributed by atoms with Crippen LogP contribution in [0.5, 0.6) is 11.5 Å². The highest BCUT2D eigenvalue weighted by atomic mass is 31.2. The predicted octanol–water partition coefficient (Wildman–Crippen LogP) is 8.15. The first kappa shape index (κ1) is 51.3. The molecule has 3 aromatic carbocycles. The molecule has 1 aliphatic heterocycles. The van der Waals surface area contributed by atoms with Crippen LogP contribution < -0.4 is 26.0 Å². The second-order valence-electron chi connectivity index (χ2n) is 18.1. The van der Waals surface area contributed by atoms with E-state index < -0.39 is 58.2 Å². The van der Waals surface area contributed by atoms with Crippen molar-refractivity contribution in [2.24, 2.45) is 0 Å². The summed E-state index contributed by atoms with van der Waals surface area (Å²) in [6, 6.07) is 27.4. The zero-order chi connectivity index (χ0) is 47.7. The number of nitrogens with one attached hydrogen (secondary N) is 2. The molecule has 1 aromatic heterocycles. The smallest absolute Gasteiger partial charge is 0.330 e. The number of benzene rings is 3. The van der Waals surface area contributed by atoms with E-state index in [1.807, 2.05) is 78.9 Å². The number of aromatic nitrogens is 2. The van der Waals surface area contributed by atoms with Crippen molar-refractivity contribution in [3.05, 3.63) is 128 Å². The van der Waals surface area contributed by atoms with Gasteiger partial charge in [0.25, 0.3) is 14.1 Å². The summed E-state index contributed by atoms with van der Waals surface area (Å²) in [5, 5.41) is 11.9. The van der Waals surface area contributed by atoms with E-state index in [9.17, 15) is 19.6 Å². The van der Waals surface area contributed by atoms with Crippen LogP contribution in [0.2, 0.25) is 18.1 Å². The molecular formula is C48H66N5O10PSi. The molecule has 1 amide bonds. The number of ether oxygens (including phenoxy) is 4. The number of aromatic amines is 1. The summed E-state index contributed by atoms with van der Waals surface area (Å²) in [5.41, 5.74) is -0.0725. The number of rotatable bonds is 21. The Morgan fingerprint density at radius 3 is 1.95 bits per heavy atom. The minimum atomic E-state index is -2.74. The molecule has 1 unspecified atom stereocenters. The highest BCUT2D eigenvalue weighted by Crippen LogP contribution is 2.52. The van der Waals surface area contributed by atoms with Crippen LogP contribution in [-0.2, 0) is 39.9 Å². The second-order valence-corrected chi connectivity index (χ2v) is 24.2. The third-order valence-corrected chi connectivity index (χ3v) is 18.5. The fourth-order valence-electron chi connectivity index (χ4n) is 7.58. The van der Waals surface area contributed by atoms with Crippen LogP contribution in [0.1, 0.15) is 90.3 Å². The first-order valence-corrected chi connectivity index (χ1v) is 26.0. The van der Waals surface area contributed by atoms with Gasteiger partial charge >= 0.3 is 5.69 Å². The van der Waals surface area contributed by atoms with Crippen molar-refractivity contribution in [2.45, 2.75) is 129 Å². The summed E-state index contributed by atoms with van der Waals surface area (Å²) in [5.74, 6) is 0.991. The maximum absolute atomic E-state index is 14.0. The summed E-state index contributed by atoms with van der Waals surface area (Å²) in [7, 11) is -1.39. The molecule has 352 valence electrons. The standard InChI is InChI=1S/C48H66N5O10PSi/c1-32(2)53(33(3)4)64(60-28-16-27-49)62-42-41(61-45(43(42)63-65(11,12)47(6,7)8)52-30-35(29-50-34(5)54)44(55)51-46(52)56)31-59-48(36-17-14-13-15-18-36,37-19-23-39(57-9)24-20-37)38-21-25-40(58-10)26-22-38/h13-15,17-26,30,32-33,41-43,45H,16,28-29,31H2,1-12H3,(H,50,54)(H,51,55,56)/t41-,42-,43-,45-,64?/m1/s1. The first-order chi connectivity index (χ1) is 30.8. The maximum Gasteiger partial charge on any atom is 0.330 e. The van der Waals surface area contributed by atoms with E-state index in [-0.39, 0.29) is 54.8 Å². The van der Waals surface area contributed by atoms with Crippen LogP contribution >= 0.6 is 8.53 Å². The molecule has 1 fully saturated rings. The summed E-state index contributed by atoms with van der Waals surface area (Å²) < 4.78 is 50.2. The van der Waals surface area contributed by atoms with Crippen molar-refractivity contribution in [1.82, 2.24) is 19.5 Å². The fourth-order valence-corrected chi connectivity index (χ4v) is 10.6. The highest BCUT2D eigenvalue weighted by Gasteiger charge is 2.54. The van der Waals surface area contributed by atoms with Crippen molar-refractivity contribution in [2.75, 3.05) is 27.4 Å². The Bertz CT molecular complexity index is 2270. The summed E-state index contributed by atoms with van der Waals surface area (Å²) in [6.45, 7) is 20.0. The van der Waals surface area contributed by atoms with Crippen molar-refractivity contribution in [3.63, 3.8) is 0 Å². The number of amides is 1. The molecule has 0 bridgehead atoms. The van der Waals surface area contributed by atoms with Gasteiger partial charge in [-0.3, -0.25) is 19.1 Å². The third kappa shape index (κ3) is 12.0. The Hall–Kier alpha value is -4.69. The van der Waals surface area contributed by atoms with E-state index in [4.69, 9.17) is 32.4 Å². The summed E-state index contributed by atoms with van der Waals surface area (Å²) in [6.07, 6.45) is -2.44. The molecule has 2 heterocycles. The van der Waals surface area contributed by atoms with E-state index in [1.54, 1.807) is 14.2 Å². The van der Waals surface area contributed by atoms with E-state index in [0.717, 1.165) is 16.7 Å². The quantitative estimate of drug-likeness (QED) is 0.0356. The summed E-state index contributed by atoms with van der Waals surface area (Å²) in [4.78, 5) is 41.6. The number of nitriles is 1. The molecule has 4 aromatic rings. The van der Waals surface area contributed by atoms with Crippen molar-refractivity contribution in [3.8, 4) is 17.6 Å². The van der Waals surface area contributed by atoms with Crippen LogP contribution in [0.4, 0.5) is 0 Å². The molecule has 2 N–H and O–H groups in total. The second kappa shape index (κ2) is 22.2. The molecule has 0 spiro atoms. The van der Waals surface area contributed by atoms with Crippen LogP contribution in [0, 0.1) is 11.3 Å². The molecule has 65 heavy (non-hydrogen) atoms. The molecule has 5 atom stereocenters. The lowest BCUT2D eigenvalue weighted by molar-refractivity contribution is -0.119. The number of hydrogen-bond donors (Lipinski definition) is 2. The molecule has 0 saturated carbocycles. The molecular weight excluding hydrogens is 866 g/mol. The molecule has 1 saturated heterocycles. The Morgan fingerprint density at radius 1 is 0.908 bits per heavy atom. The zero-order valence-electron chi connectivity index (χ0n) is 39.7. The monoisotopic (exact) mass is 931 g/mol. The van der Waals surface area contributed by atoms with E-state index in [1.165, 1.54) is 17.7 Å². The van der Waals surface area contributed by atoms with Gasteiger partial charge in [0.05, 0.1) is 45.5 Å². The van der Waals surface area contributed by atoms with Gasteiger partial charge in [0.15, 0.2) is 14.5 Å². The number of nitrogens with zero attached hydrogens (tertiary/aromatic N) is 3. The molecule has 1 aliphatic rings. The third-order valence-electron chi connectivity index (χ3n) is 11.9. The normalized spacial score (nSPS) is 18.5. The van der Waals surface area contributed by atoms with Gasteiger partial charge in [-0.25, -0.2) is 9.46 Å². The van der Waals surface area contributed by atoms with Gasteiger partial charge in [0.1, 0.15) is 35.4 Å². The molecule has 5 rings (SSSR count). The van der Waals surface area contributed by atoms with E-state index in [2.05, 4.69) is 82.6 Å². The Morgan fingerprint density at radius 2 is 1.46 bits per heavy atom. The number of carbonyl (C=O) groups is 1. The Balaban J connectivity index is 1.77. The number of methoxy groups -OCH3 is 2. The SMILES string of the molecule is COc1ccc(C(OC[C@H]2O[C@@H](n3cc(CNC(C)=O)c(=O)[nH]c3=O)[C@H](O[Si](C)(C)C(C)(C)C)[C@@H]2OP(OCCC#N)N(C(C)C)C(C)C)(c2ccccc2)c2ccc(OC)cc2)cc1. The zero-order valence-corrected chi connectivity index (χ0v) is 41.6. The van der Waals surface area contributed by atoms with Crippen LogP contribution in [0.15, 0.2) is 94.6 Å². The largest absolute Gasteiger partial charge is 0.497 e. The predicted molar refractivity (Wildman–Crippen MR) is 253 cm³/mol. The van der Waals surface area contributed by atoms with Gasteiger partial charge < -0.3 is 37.7 Å². The van der Waals surface area contributed by atoms with Gasteiger partial charge in [-0.05, 0) is 86.8 Å². The number of carbonyl (C=O) groups excluding carboxylic acids is 1. The lowest BCUT2D eigenvalue weighted by Crippen LogP contribution is -2.51. The Kier molecular flexibility index (Phi) is 17.5. The van der Waals surface area contributed by atoms with Crippen molar-refractivity contribution in [1.29, 1.82) is 5.26 Å². The topological polar surface area (TPSA) is 176 Å². The molecule has 0 radical (unpaired) electrons. The minimum absolute atomic E-state index is 0.0372.